The Morgan fingerprint density at radius 3 is 3.00 bits per heavy atom. The van der Waals surface area contributed by atoms with E-state index in [4.69, 9.17) is 4.74 Å². The van der Waals surface area contributed by atoms with Gasteiger partial charge in [-0.25, -0.2) is 4.39 Å². The molecule has 4 heteroatoms. The molecule has 2 rings (SSSR count). The molecular formula is C15H22FNO2. The number of nitrogens with one attached hydrogen (secondary N) is 1. The molecule has 1 aliphatic rings. The van der Waals surface area contributed by atoms with Gasteiger partial charge >= 0.3 is 0 Å². The molecule has 0 aliphatic heterocycles. The summed E-state index contributed by atoms with van der Waals surface area (Å²) in [5, 5.41) is 13.6. The van der Waals surface area contributed by atoms with E-state index in [0.29, 0.717) is 5.75 Å². The molecule has 1 fully saturated rings. The van der Waals surface area contributed by atoms with E-state index >= 15 is 0 Å². The monoisotopic (exact) mass is 267 g/mol. The molecule has 1 saturated carbocycles. The zero-order valence-electron chi connectivity index (χ0n) is 11.3. The Kier molecular flexibility index (Phi) is 5.16. The summed E-state index contributed by atoms with van der Waals surface area (Å²) in [6, 6.07) is 6.16. The maximum absolute atomic E-state index is 13.1. The molecule has 0 aromatic heterocycles. The largest absolute Gasteiger partial charge is 0.488 e. The van der Waals surface area contributed by atoms with E-state index in [1.807, 2.05) is 0 Å². The van der Waals surface area contributed by atoms with Crippen LogP contribution in [0.4, 0.5) is 4.39 Å². The van der Waals surface area contributed by atoms with Crippen LogP contribution in [0.1, 0.15) is 32.6 Å². The summed E-state index contributed by atoms with van der Waals surface area (Å²) in [6.07, 6.45) is 3.02. The van der Waals surface area contributed by atoms with E-state index in [0.717, 1.165) is 32.2 Å². The summed E-state index contributed by atoms with van der Waals surface area (Å²) in [6.45, 7) is 3.00. The van der Waals surface area contributed by atoms with Crippen LogP contribution in [0.3, 0.4) is 0 Å². The fourth-order valence-electron chi connectivity index (χ4n) is 2.54. The molecule has 0 heterocycles. The van der Waals surface area contributed by atoms with Crippen molar-refractivity contribution >= 4 is 0 Å². The van der Waals surface area contributed by atoms with Crippen LogP contribution in [0, 0.1) is 5.82 Å². The molecule has 0 amide bonds. The highest BCUT2D eigenvalue weighted by Gasteiger charge is 2.32. The number of hydrogen-bond acceptors (Lipinski definition) is 3. The Labute approximate surface area is 113 Å². The van der Waals surface area contributed by atoms with Gasteiger partial charge in [0.1, 0.15) is 23.8 Å². The smallest absolute Gasteiger partial charge is 0.126 e. The van der Waals surface area contributed by atoms with Crippen LogP contribution in [-0.4, -0.2) is 29.9 Å². The van der Waals surface area contributed by atoms with E-state index in [2.05, 4.69) is 12.2 Å². The van der Waals surface area contributed by atoms with Gasteiger partial charge in [0.25, 0.3) is 0 Å². The molecule has 19 heavy (non-hydrogen) atoms. The van der Waals surface area contributed by atoms with Crippen LogP contribution in [0.25, 0.3) is 0 Å². The van der Waals surface area contributed by atoms with Gasteiger partial charge in [-0.2, -0.15) is 0 Å². The molecule has 0 bridgehead atoms. The first-order chi connectivity index (χ1) is 9.20. The summed E-state index contributed by atoms with van der Waals surface area (Å²) in [5.74, 6) is 0.170. The first kappa shape index (κ1) is 14.3. The standard InChI is InChI=1S/C15H22FNO2/c1-2-9-17-13-7-4-8-14(15(13)18)19-12-6-3-5-11(16)10-12/h3,5-6,10,13-15,17-18H,2,4,7-9H2,1H3/t13-,14+,15+/m0/s1. The van der Waals surface area contributed by atoms with Gasteiger partial charge in [0.05, 0.1) is 0 Å². The Bertz CT molecular complexity index is 399. The van der Waals surface area contributed by atoms with Crippen molar-refractivity contribution in [2.24, 2.45) is 0 Å². The Balaban J connectivity index is 1.95. The van der Waals surface area contributed by atoms with Gasteiger partial charge in [-0.1, -0.05) is 13.0 Å². The Morgan fingerprint density at radius 2 is 2.26 bits per heavy atom. The molecular weight excluding hydrogens is 245 g/mol. The highest BCUT2D eigenvalue weighted by atomic mass is 19.1. The number of halogens is 1. The van der Waals surface area contributed by atoms with E-state index in [1.54, 1.807) is 12.1 Å². The van der Waals surface area contributed by atoms with Gasteiger partial charge in [-0.3, -0.25) is 0 Å². The van der Waals surface area contributed by atoms with Crippen molar-refractivity contribution in [2.45, 2.75) is 50.9 Å². The minimum atomic E-state index is -0.538. The van der Waals surface area contributed by atoms with Crippen LogP contribution >= 0.6 is 0 Å². The third kappa shape index (κ3) is 3.91. The average Bonchev–Trinajstić information content (AvgIpc) is 2.40. The van der Waals surface area contributed by atoms with Crippen molar-refractivity contribution in [3.8, 4) is 5.75 Å². The molecule has 3 atom stereocenters. The molecule has 106 valence electrons. The van der Waals surface area contributed by atoms with Crippen molar-refractivity contribution in [2.75, 3.05) is 6.54 Å². The van der Waals surface area contributed by atoms with Gasteiger partial charge in [-0.15, -0.1) is 0 Å². The zero-order chi connectivity index (χ0) is 13.7. The highest BCUT2D eigenvalue weighted by molar-refractivity contribution is 5.23. The molecule has 3 nitrogen and oxygen atoms in total. The molecule has 1 aromatic rings. The third-order valence-corrected chi connectivity index (χ3v) is 3.54. The number of aliphatic hydroxyl groups is 1. The first-order valence-corrected chi connectivity index (χ1v) is 7.04. The van der Waals surface area contributed by atoms with Crippen molar-refractivity contribution in [3.63, 3.8) is 0 Å². The lowest BCUT2D eigenvalue weighted by Crippen LogP contribution is -2.51. The highest BCUT2D eigenvalue weighted by Crippen LogP contribution is 2.24. The third-order valence-electron chi connectivity index (χ3n) is 3.54. The molecule has 2 N–H and O–H groups in total. The number of benzene rings is 1. The summed E-state index contributed by atoms with van der Waals surface area (Å²) in [7, 11) is 0. The van der Waals surface area contributed by atoms with E-state index < -0.39 is 6.10 Å². The van der Waals surface area contributed by atoms with Crippen LogP contribution in [-0.2, 0) is 0 Å². The lowest BCUT2D eigenvalue weighted by atomic mass is 9.90. The number of hydrogen-bond donors (Lipinski definition) is 2. The topological polar surface area (TPSA) is 41.5 Å². The fourth-order valence-corrected chi connectivity index (χ4v) is 2.54. The quantitative estimate of drug-likeness (QED) is 0.861. The maximum Gasteiger partial charge on any atom is 0.126 e. The minimum Gasteiger partial charge on any atom is -0.488 e. The predicted molar refractivity (Wildman–Crippen MR) is 72.8 cm³/mol. The zero-order valence-corrected chi connectivity index (χ0v) is 11.3. The van der Waals surface area contributed by atoms with E-state index in [9.17, 15) is 9.50 Å². The second-order valence-corrected chi connectivity index (χ2v) is 5.10. The van der Waals surface area contributed by atoms with Crippen LogP contribution in [0.2, 0.25) is 0 Å². The second kappa shape index (κ2) is 6.87. The number of ether oxygens (including phenoxy) is 1. The molecule has 0 unspecified atom stereocenters. The number of aliphatic hydroxyl groups excluding tert-OH is 1. The Morgan fingerprint density at radius 1 is 1.42 bits per heavy atom. The summed E-state index contributed by atoms with van der Waals surface area (Å²) in [4.78, 5) is 0. The van der Waals surface area contributed by atoms with Gasteiger partial charge in [0.15, 0.2) is 0 Å². The lowest BCUT2D eigenvalue weighted by molar-refractivity contribution is -0.0153. The molecule has 0 saturated heterocycles. The van der Waals surface area contributed by atoms with Crippen LogP contribution in [0.15, 0.2) is 24.3 Å². The number of rotatable bonds is 5. The van der Waals surface area contributed by atoms with Crippen LogP contribution in [0.5, 0.6) is 5.75 Å². The average molecular weight is 267 g/mol. The van der Waals surface area contributed by atoms with E-state index in [-0.39, 0.29) is 18.0 Å². The van der Waals surface area contributed by atoms with Gasteiger partial charge in [0.2, 0.25) is 0 Å². The molecule has 0 spiro atoms. The first-order valence-electron chi connectivity index (χ1n) is 7.04. The van der Waals surface area contributed by atoms with Gasteiger partial charge in [-0.05, 0) is 44.4 Å². The minimum absolute atomic E-state index is 0.0762. The van der Waals surface area contributed by atoms with Crippen molar-refractivity contribution in [3.05, 3.63) is 30.1 Å². The van der Waals surface area contributed by atoms with Crippen molar-refractivity contribution in [1.82, 2.24) is 5.32 Å². The summed E-state index contributed by atoms with van der Waals surface area (Å²) in [5.41, 5.74) is 0. The molecule has 1 aliphatic carbocycles. The summed E-state index contributed by atoms with van der Waals surface area (Å²) < 4.78 is 18.8. The molecule has 1 aromatic carbocycles. The fraction of sp³-hybridized carbons (Fsp3) is 0.600. The van der Waals surface area contributed by atoms with Crippen molar-refractivity contribution in [1.29, 1.82) is 0 Å². The Hall–Kier alpha value is -1.13. The van der Waals surface area contributed by atoms with Crippen molar-refractivity contribution < 1.29 is 14.2 Å². The summed E-state index contributed by atoms with van der Waals surface area (Å²) >= 11 is 0. The van der Waals surface area contributed by atoms with E-state index in [1.165, 1.54) is 12.1 Å². The maximum atomic E-state index is 13.1. The van der Waals surface area contributed by atoms with Crippen LogP contribution < -0.4 is 10.1 Å². The van der Waals surface area contributed by atoms with Gasteiger partial charge < -0.3 is 15.2 Å². The second-order valence-electron chi connectivity index (χ2n) is 5.10. The predicted octanol–water partition coefficient (Wildman–Crippen LogP) is 2.49. The SMILES string of the molecule is CCCN[C@H]1CCC[C@@H](Oc2cccc(F)c2)[C@@H]1O. The van der Waals surface area contributed by atoms with Gasteiger partial charge in [0, 0.05) is 12.1 Å². The molecule has 0 radical (unpaired) electrons. The normalized spacial score (nSPS) is 27.2. The lowest BCUT2D eigenvalue weighted by Gasteiger charge is -2.35.